The van der Waals surface area contributed by atoms with E-state index in [1.165, 1.54) is 0 Å². The van der Waals surface area contributed by atoms with Crippen molar-refractivity contribution in [2.75, 3.05) is 33.2 Å². The fourth-order valence-corrected chi connectivity index (χ4v) is 5.21. The maximum atomic E-state index is 15.2. The quantitative estimate of drug-likeness (QED) is 0.390. The molecule has 6 nitrogen and oxygen atoms in total. The molecule has 1 atom stereocenters. The van der Waals surface area contributed by atoms with Gasteiger partial charge in [0.1, 0.15) is 0 Å². The highest BCUT2D eigenvalue weighted by molar-refractivity contribution is 5.98. The van der Waals surface area contributed by atoms with E-state index in [4.69, 9.17) is 0 Å². The number of piperidine rings is 1. The van der Waals surface area contributed by atoms with Gasteiger partial charge < -0.3 is 10.3 Å². The first kappa shape index (κ1) is 22.0. The van der Waals surface area contributed by atoms with Gasteiger partial charge in [-0.2, -0.15) is 5.10 Å². The molecule has 8 heteroatoms. The van der Waals surface area contributed by atoms with Crippen LogP contribution in [0, 0.1) is 0 Å². The lowest BCUT2D eigenvalue weighted by Gasteiger charge is -2.38. The highest BCUT2D eigenvalue weighted by atomic mass is 19.3. The third kappa shape index (κ3) is 3.91. The Bertz CT molecular complexity index is 1270. The van der Waals surface area contributed by atoms with E-state index in [0.29, 0.717) is 19.5 Å². The summed E-state index contributed by atoms with van der Waals surface area (Å²) in [7, 11) is 1.85. The zero-order valence-electron chi connectivity index (χ0n) is 19.3. The Kier molecular flexibility index (Phi) is 5.66. The summed E-state index contributed by atoms with van der Waals surface area (Å²) in [6.45, 7) is 6.14. The molecule has 33 heavy (non-hydrogen) atoms. The highest BCUT2D eigenvalue weighted by Crippen LogP contribution is 2.43. The molecule has 0 bridgehead atoms. The lowest BCUT2D eigenvalue weighted by molar-refractivity contribution is -0.0822. The normalized spacial score (nSPS) is 19.2. The van der Waals surface area contributed by atoms with E-state index in [0.717, 1.165) is 50.9 Å². The van der Waals surface area contributed by atoms with Gasteiger partial charge in [0, 0.05) is 41.1 Å². The fraction of sp³-hybridized carbons (Fsp3) is 0.440. The number of hydrogen-bond donors (Lipinski definition) is 3. The van der Waals surface area contributed by atoms with Crippen molar-refractivity contribution >= 4 is 21.9 Å². The van der Waals surface area contributed by atoms with Crippen molar-refractivity contribution in [3.05, 3.63) is 47.8 Å². The Morgan fingerprint density at radius 1 is 1.24 bits per heavy atom. The minimum absolute atomic E-state index is 0.192. The lowest BCUT2D eigenvalue weighted by atomic mass is 9.85. The van der Waals surface area contributed by atoms with Crippen molar-refractivity contribution < 1.29 is 8.78 Å². The monoisotopic (exact) mass is 452 g/mol. The standard InChI is InChI=1S/C25H30F2N6/c1-15(2)22-18-12-16(20-7-10-33(11-9-28-3)14-25(20,26)27)4-5-21(18)31-23(22)17-6-8-29-24-19(17)13-30-32-24/h4-6,8,12-13,15,20,28,31H,7,9-11,14H2,1-3H3,(H,29,30,32). The van der Waals surface area contributed by atoms with Gasteiger partial charge >= 0.3 is 0 Å². The first-order valence-corrected chi connectivity index (χ1v) is 11.6. The number of H-pyrrole nitrogens is 2. The molecular weight excluding hydrogens is 422 g/mol. The number of halogens is 2. The molecule has 4 heterocycles. The highest BCUT2D eigenvalue weighted by Gasteiger charge is 2.45. The summed E-state index contributed by atoms with van der Waals surface area (Å²) < 4.78 is 30.4. The summed E-state index contributed by atoms with van der Waals surface area (Å²) in [6.07, 6.45) is 4.00. The molecule has 1 saturated heterocycles. The molecule has 1 fully saturated rings. The van der Waals surface area contributed by atoms with E-state index < -0.39 is 11.8 Å². The van der Waals surface area contributed by atoms with Crippen LogP contribution in [-0.2, 0) is 0 Å². The van der Waals surface area contributed by atoms with Gasteiger partial charge in [-0.05, 0) is 55.3 Å². The SMILES string of the molecule is CNCCN1CCC(c2ccc3[nH]c(-c4ccnc5[nH]ncc45)c(C(C)C)c3c2)C(F)(F)C1. The first-order chi connectivity index (χ1) is 15.9. The third-order valence-electron chi connectivity index (χ3n) is 6.82. The van der Waals surface area contributed by atoms with Crippen LogP contribution < -0.4 is 5.32 Å². The van der Waals surface area contributed by atoms with Crippen LogP contribution in [0.3, 0.4) is 0 Å². The Balaban J connectivity index is 1.56. The number of aromatic nitrogens is 4. The number of pyridine rings is 1. The largest absolute Gasteiger partial charge is 0.354 e. The fourth-order valence-electron chi connectivity index (χ4n) is 5.21. The second-order valence-electron chi connectivity index (χ2n) is 9.35. The van der Waals surface area contributed by atoms with Crippen LogP contribution in [0.2, 0.25) is 0 Å². The van der Waals surface area contributed by atoms with Crippen molar-refractivity contribution in [3.8, 4) is 11.3 Å². The van der Waals surface area contributed by atoms with Crippen LogP contribution in [0.15, 0.2) is 36.7 Å². The van der Waals surface area contributed by atoms with Crippen molar-refractivity contribution in [2.24, 2.45) is 0 Å². The predicted molar refractivity (Wildman–Crippen MR) is 128 cm³/mol. The topological polar surface area (TPSA) is 72.6 Å². The van der Waals surface area contributed by atoms with Crippen molar-refractivity contribution in [2.45, 2.75) is 38.0 Å². The summed E-state index contributed by atoms with van der Waals surface area (Å²) in [5.74, 6) is -3.32. The van der Waals surface area contributed by atoms with E-state index in [9.17, 15) is 0 Å². The molecule has 5 rings (SSSR count). The average Bonchev–Trinajstić information content (AvgIpc) is 3.41. The van der Waals surface area contributed by atoms with Gasteiger partial charge in [-0.25, -0.2) is 13.8 Å². The second-order valence-corrected chi connectivity index (χ2v) is 9.35. The Hall–Kier alpha value is -2.84. The maximum absolute atomic E-state index is 15.2. The zero-order chi connectivity index (χ0) is 23.2. The van der Waals surface area contributed by atoms with Crippen LogP contribution in [0.25, 0.3) is 33.2 Å². The second kappa shape index (κ2) is 8.50. The number of rotatable bonds is 6. The molecule has 0 saturated carbocycles. The molecular formula is C25H30F2N6. The third-order valence-corrected chi connectivity index (χ3v) is 6.82. The number of fused-ring (bicyclic) bond motifs is 2. The summed E-state index contributed by atoms with van der Waals surface area (Å²) in [5, 5.41) is 12.1. The molecule has 174 valence electrons. The van der Waals surface area contributed by atoms with E-state index in [2.05, 4.69) is 39.3 Å². The Morgan fingerprint density at radius 2 is 2.09 bits per heavy atom. The van der Waals surface area contributed by atoms with Gasteiger partial charge in [0.2, 0.25) is 0 Å². The van der Waals surface area contributed by atoms with Gasteiger partial charge in [0.15, 0.2) is 5.65 Å². The molecule has 0 radical (unpaired) electrons. The molecule has 1 aromatic carbocycles. The number of aromatic amines is 2. The van der Waals surface area contributed by atoms with Crippen LogP contribution in [0.4, 0.5) is 8.78 Å². The number of likely N-dealkylation sites (tertiary alicyclic amines) is 1. The Morgan fingerprint density at radius 3 is 2.85 bits per heavy atom. The summed E-state index contributed by atoms with van der Waals surface area (Å²) in [6, 6.07) is 7.79. The molecule has 3 aromatic heterocycles. The molecule has 1 aliphatic rings. The molecule has 4 aromatic rings. The number of likely N-dealkylation sites (N-methyl/N-ethyl adjacent to an activating group) is 1. The van der Waals surface area contributed by atoms with Crippen molar-refractivity contribution in [1.82, 2.24) is 30.4 Å². The van der Waals surface area contributed by atoms with Crippen LogP contribution in [0.1, 0.15) is 43.2 Å². The zero-order valence-corrected chi connectivity index (χ0v) is 19.3. The molecule has 1 unspecified atom stereocenters. The Labute approximate surface area is 191 Å². The van der Waals surface area contributed by atoms with Crippen LogP contribution in [-0.4, -0.2) is 64.2 Å². The average molecular weight is 453 g/mol. The van der Waals surface area contributed by atoms with Gasteiger partial charge in [0.25, 0.3) is 5.92 Å². The first-order valence-electron chi connectivity index (χ1n) is 11.6. The number of nitrogens with zero attached hydrogens (tertiary/aromatic N) is 3. The number of alkyl halides is 2. The van der Waals surface area contributed by atoms with Gasteiger partial charge in [-0.3, -0.25) is 10.00 Å². The van der Waals surface area contributed by atoms with Gasteiger partial charge in [0.05, 0.1) is 24.4 Å². The summed E-state index contributed by atoms with van der Waals surface area (Å²) in [5.41, 5.74) is 5.55. The molecule has 0 amide bonds. The van der Waals surface area contributed by atoms with Crippen molar-refractivity contribution in [1.29, 1.82) is 0 Å². The molecule has 3 N–H and O–H groups in total. The van der Waals surface area contributed by atoms with Gasteiger partial charge in [-0.15, -0.1) is 0 Å². The number of hydrogen-bond acceptors (Lipinski definition) is 4. The van der Waals surface area contributed by atoms with E-state index in [1.54, 1.807) is 12.4 Å². The summed E-state index contributed by atoms with van der Waals surface area (Å²) >= 11 is 0. The minimum atomic E-state index is -2.76. The lowest BCUT2D eigenvalue weighted by Crippen LogP contribution is -2.48. The van der Waals surface area contributed by atoms with E-state index >= 15 is 8.78 Å². The molecule has 0 spiro atoms. The minimum Gasteiger partial charge on any atom is -0.354 e. The van der Waals surface area contributed by atoms with Crippen LogP contribution in [0.5, 0.6) is 0 Å². The maximum Gasteiger partial charge on any atom is 0.267 e. The van der Waals surface area contributed by atoms with E-state index in [1.807, 2.05) is 36.2 Å². The number of nitrogens with one attached hydrogen (secondary N) is 3. The van der Waals surface area contributed by atoms with Gasteiger partial charge in [-0.1, -0.05) is 19.9 Å². The molecule has 0 aliphatic carbocycles. The van der Waals surface area contributed by atoms with Crippen LogP contribution >= 0.6 is 0 Å². The number of benzene rings is 1. The molecule has 1 aliphatic heterocycles. The summed E-state index contributed by atoms with van der Waals surface area (Å²) in [4.78, 5) is 9.76. The van der Waals surface area contributed by atoms with Crippen molar-refractivity contribution in [3.63, 3.8) is 0 Å². The predicted octanol–water partition coefficient (Wildman–Crippen LogP) is 4.87. The van der Waals surface area contributed by atoms with E-state index in [-0.39, 0.29) is 12.5 Å². The smallest absolute Gasteiger partial charge is 0.267 e.